The molecule has 0 amide bonds. The van der Waals surface area contributed by atoms with Gasteiger partial charge in [0.1, 0.15) is 0 Å². The summed E-state index contributed by atoms with van der Waals surface area (Å²) in [6.45, 7) is 4.62. The van der Waals surface area contributed by atoms with Crippen molar-refractivity contribution in [3.05, 3.63) is 69.2 Å². The van der Waals surface area contributed by atoms with E-state index in [1.54, 1.807) is 0 Å². The minimum Gasteiger partial charge on any atom is -0.305 e. The molecule has 2 aromatic rings. The third kappa shape index (κ3) is 4.23. The molecule has 2 rings (SSSR count). The number of nitrogens with one attached hydrogen (secondary N) is 1. The molecule has 0 heterocycles. The summed E-state index contributed by atoms with van der Waals surface area (Å²) in [7, 11) is 0. The van der Waals surface area contributed by atoms with Gasteiger partial charge in [-0.2, -0.15) is 5.10 Å². The average molecular weight is 321 g/mol. The van der Waals surface area contributed by atoms with Crippen LogP contribution in [0.15, 0.2) is 47.6 Å². The zero-order valence-electron chi connectivity index (χ0n) is 12.2. The van der Waals surface area contributed by atoms with Gasteiger partial charge in [-0.3, -0.25) is 0 Å². The van der Waals surface area contributed by atoms with E-state index in [-0.39, 0.29) is 0 Å². The number of nitrogens with zero attached hydrogens (tertiary/aromatic N) is 1. The van der Waals surface area contributed by atoms with Crippen molar-refractivity contribution in [2.45, 2.75) is 26.8 Å². The Morgan fingerprint density at radius 3 is 2.24 bits per heavy atom. The van der Waals surface area contributed by atoms with Gasteiger partial charge >= 0.3 is 0 Å². The fraction of sp³-hybridized carbons (Fsp3) is 0.235. The first-order chi connectivity index (χ1) is 10.1. The maximum Gasteiger partial charge on any atom is 0.0644 e. The first-order valence-electron chi connectivity index (χ1n) is 6.91. The highest BCUT2D eigenvalue weighted by atomic mass is 35.5. The predicted octanol–water partition coefficient (Wildman–Crippen LogP) is 5.07. The third-order valence-electron chi connectivity index (χ3n) is 3.34. The quantitative estimate of drug-likeness (QED) is 0.603. The van der Waals surface area contributed by atoms with E-state index in [1.165, 1.54) is 5.56 Å². The highest BCUT2D eigenvalue weighted by Crippen LogP contribution is 2.23. The van der Waals surface area contributed by atoms with Gasteiger partial charge in [0.2, 0.25) is 0 Å². The highest BCUT2D eigenvalue weighted by molar-refractivity contribution is 6.35. The Bertz CT molecular complexity index is 613. The zero-order chi connectivity index (χ0) is 15.2. The summed E-state index contributed by atoms with van der Waals surface area (Å²) >= 11 is 12.2. The van der Waals surface area contributed by atoms with Crippen molar-refractivity contribution in [2.24, 2.45) is 5.10 Å². The largest absolute Gasteiger partial charge is 0.305 e. The molecule has 0 aliphatic heterocycles. The minimum absolute atomic E-state index is 0.503. The van der Waals surface area contributed by atoms with Crippen molar-refractivity contribution in [2.75, 3.05) is 0 Å². The maximum atomic E-state index is 6.12. The summed E-state index contributed by atoms with van der Waals surface area (Å²) < 4.78 is 0. The molecule has 0 fully saturated rings. The van der Waals surface area contributed by atoms with Crippen LogP contribution in [0.3, 0.4) is 0 Å². The summed E-state index contributed by atoms with van der Waals surface area (Å²) in [6, 6.07) is 13.9. The number of hydrogen-bond donors (Lipinski definition) is 1. The van der Waals surface area contributed by atoms with Crippen molar-refractivity contribution in [1.82, 2.24) is 5.43 Å². The van der Waals surface area contributed by atoms with E-state index in [9.17, 15) is 0 Å². The van der Waals surface area contributed by atoms with E-state index in [4.69, 9.17) is 23.2 Å². The first-order valence-corrected chi connectivity index (χ1v) is 7.66. The Hall–Kier alpha value is -1.51. The van der Waals surface area contributed by atoms with Crippen molar-refractivity contribution in [1.29, 1.82) is 0 Å². The number of rotatable bonds is 5. The second-order valence-corrected chi connectivity index (χ2v) is 5.60. The Kier molecular flexibility index (Phi) is 5.66. The van der Waals surface area contributed by atoms with Gasteiger partial charge in [-0.25, -0.2) is 0 Å². The van der Waals surface area contributed by atoms with Crippen molar-refractivity contribution in [3.63, 3.8) is 0 Å². The molecule has 0 aromatic heterocycles. The maximum absolute atomic E-state index is 6.12. The number of halogens is 2. The number of aryl methyl sites for hydroxylation is 1. The lowest BCUT2D eigenvalue weighted by Gasteiger charge is -2.08. The number of hydrazone groups is 1. The third-order valence-corrected chi connectivity index (χ3v) is 4.05. The van der Waals surface area contributed by atoms with Crippen LogP contribution in [0, 0.1) is 0 Å². The van der Waals surface area contributed by atoms with Gasteiger partial charge < -0.3 is 5.43 Å². The molecule has 0 bridgehead atoms. The summed E-state index contributed by atoms with van der Waals surface area (Å²) in [6.07, 6.45) is 1.04. The van der Waals surface area contributed by atoms with Crippen LogP contribution < -0.4 is 5.43 Å². The van der Waals surface area contributed by atoms with Gasteiger partial charge in [-0.05, 0) is 36.6 Å². The minimum atomic E-state index is 0.503. The average Bonchev–Trinajstić information content (AvgIpc) is 2.50. The predicted molar refractivity (Wildman–Crippen MR) is 91.3 cm³/mol. The van der Waals surface area contributed by atoms with Gasteiger partial charge in [0, 0.05) is 15.6 Å². The fourth-order valence-electron chi connectivity index (χ4n) is 1.98. The molecule has 110 valence electrons. The lowest BCUT2D eigenvalue weighted by molar-refractivity contribution is 0.744. The van der Waals surface area contributed by atoms with Crippen molar-refractivity contribution < 1.29 is 0 Å². The van der Waals surface area contributed by atoms with Crippen LogP contribution in [0.4, 0.5) is 0 Å². The second kappa shape index (κ2) is 7.48. The topological polar surface area (TPSA) is 24.4 Å². The highest BCUT2D eigenvalue weighted by Gasteiger charge is 2.04. The zero-order valence-corrected chi connectivity index (χ0v) is 13.7. The first kappa shape index (κ1) is 15.9. The normalized spacial score (nSPS) is 11.5. The Balaban J connectivity index is 2.03. The van der Waals surface area contributed by atoms with Crippen LogP contribution in [-0.2, 0) is 13.0 Å². The summed E-state index contributed by atoms with van der Waals surface area (Å²) in [5.41, 5.74) is 7.24. The molecule has 0 spiro atoms. The molecule has 4 heteroatoms. The van der Waals surface area contributed by atoms with Crippen LogP contribution in [0.25, 0.3) is 0 Å². The van der Waals surface area contributed by atoms with E-state index in [0.29, 0.717) is 16.6 Å². The number of benzene rings is 2. The molecule has 2 nitrogen and oxygen atoms in total. The molecule has 21 heavy (non-hydrogen) atoms. The fourth-order valence-corrected chi connectivity index (χ4v) is 2.52. The summed E-state index contributed by atoms with van der Waals surface area (Å²) in [4.78, 5) is 0. The van der Waals surface area contributed by atoms with Crippen molar-refractivity contribution in [3.8, 4) is 0 Å². The van der Waals surface area contributed by atoms with Crippen molar-refractivity contribution >= 4 is 28.9 Å². The monoisotopic (exact) mass is 320 g/mol. The van der Waals surface area contributed by atoms with E-state index < -0.39 is 0 Å². The van der Waals surface area contributed by atoms with E-state index in [0.717, 1.165) is 23.3 Å². The van der Waals surface area contributed by atoms with Gasteiger partial charge in [0.05, 0.1) is 12.3 Å². The van der Waals surface area contributed by atoms with Crippen LogP contribution in [0.1, 0.15) is 30.5 Å². The van der Waals surface area contributed by atoms with E-state index in [2.05, 4.69) is 41.7 Å². The molecule has 0 radical (unpaired) electrons. The molecule has 0 aliphatic rings. The Morgan fingerprint density at radius 2 is 1.67 bits per heavy atom. The molecular weight excluding hydrogens is 303 g/mol. The lowest BCUT2D eigenvalue weighted by atomic mass is 10.1. The standard InChI is InChI=1S/C17H18Cl2N2/c1-3-13-7-9-14(10-8-13)12(2)21-20-11-15-16(18)5-4-6-17(15)19/h4-10,20H,3,11H2,1-2H3/b21-12-. The number of hydrogen-bond acceptors (Lipinski definition) is 2. The SMILES string of the molecule is CCc1ccc(/C(C)=N\NCc2c(Cl)cccc2Cl)cc1. The van der Waals surface area contributed by atoms with Crippen LogP contribution >= 0.6 is 23.2 Å². The molecular formula is C17H18Cl2N2. The molecule has 0 unspecified atom stereocenters. The van der Waals surface area contributed by atoms with Gasteiger partial charge in [0.15, 0.2) is 0 Å². The summed E-state index contributed by atoms with van der Waals surface area (Å²) in [5, 5.41) is 5.67. The Morgan fingerprint density at radius 1 is 1.05 bits per heavy atom. The van der Waals surface area contributed by atoms with Gasteiger partial charge in [0.25, 0.3) is 0 Å². The molecule has 0 saturated carbocycles. The van der Waals surface area contributed by atoms with E-state index >= 15 is 0 Å². The molecule has 0 saturated heterocycles. The van der Waals surface area contributed by atoms with Crippen LogP contribution in [0.5, 0.6) is 0 Å². The summed E-state index contributed by atoms with van der Waals surface area (Å²) in [5.74, 6) is 0. The van der Waals surface area contributed by atoms with Crippen LogP contribution in [0.2, 0.25) is 10.0 Å². The van der Waals surface area contributed by atoms with E-state index in [1.807, 2.05) is 25.1 Å². The molecule has 0 atom stereocenters. The molecule has 2 aromatic carbocycles. The lowest BCUT2D eigenvalue weighted by Crippen LogP contribution is -2.10. The smallest absolute Gasteiger partial charge is 0.0644 e. The van der Waals surface area contributed by atoms with Gasteiger partial charge in [-0.1, -0.05) is 60.5 Å². The second-order valence-electron chi connectivity index (χ2n) is 4.78. The van der Waals surface area contributed by atoms with Crippen LogP contribution in [-0.4, -0.2) is 5.71 Å². The molecule has 1 N–H and O–H groups in total. The van der Waals surface area contributed by atoms with Gasteiger partial charge in [-0.15, -0.1) is 0 Å². The molecule has 0 aliphatic carbocycles. The Labute approximate surface area is 135 Å².